The Balaban J connectivity index is 2.93. The Hall–Kier alpha value is -1.81. The molecule has 0 aromatic carbocycles. The summed E-state index contributed by atoms with van der Waals surface area (Å²) in [6.07, 6.45) is -6.55. The summed E-state index contributed by atoms with van der Waals surface area (Å²) in [7, 11) is 1.51. The summed E-state index contributed by atoms with van der Waals surface area (Å²) in [5.41, 5.74) is 1.02. The molecule has 1 rings (SSSR count). The maximum absolute atomic E-state index is 13.1. The van der Waals surface area contributed by atoms with Crippen LogP contribution in [-0.2, 0) is 18.4 Å². The average molecular weight is 335 g/mol. The number of hydrogen-bond donors (Lipinski definition) is 1. The average Bonchev–Trinajstić information content (AvgIpc) is 2.59. The Morgan fingerprint density at radius 3 is 2.00 bits per heavy atom. The number of carbonyl (C=O) groups excluding carboxylic acids is 1. The molecule has 0 radical (unpaired) electrons. The van der Waals surface area contributed by atoms with Gasteiger partial charge in [-0.25, -0.2) is 0 Å². The first-order valence-corrected chi connectivity index (χ1v) is 5.83. The van der Waals surface area contributed by atoms with Crippen LogP contribution in [0.25, 0.3) is 0 Å². The first-order valence-electron chi connectivity index (χ1n) is 5.83. The topological polar surface area (TPSA) is 46.9 Å². The highest BCUT2D eigenvalue weighted by Crippen LogP contribution is 2.46. The second kappa shape index (κ2) is 5.43. The van der Waals surface area contributed by atoms with E-state index in [1.54, 1.807) is 0 Å². The third-order valence-corrected chi connectivity index (χ3v) is 3.12. The molecule has 0 bridgehead atoms. The number of nitrogens with one attached hydrogen (secondary N) is 1. The minimum atomic E-state index is -6.55. The van der Waals surface area contributed by atoms with Gasteiger partial charge in [0, 0.05) is 24.8 Å². The van der Waals surface area contributed by atoms with E-state index < -0.39 is 30.5 Å². The predicted molar refractivity (Wildman–Crippen MR) is 60.5 cm³/mol. The van der Waals surface area contributed by atoms with E-state index in [9.17, 15) is 35.5 Å². The molecule has 22 heavy (non-hydrogen) atoms. The molecule has 0 fully saturated rings. The van der Waals surface area contributed by atoms with Gasteiger partial charge in [0.25, 0.3) is 5.91 Å². The standard InChI is InChI=1S/C11H12F7N3O/c1-5-7(6(2)21(3)20-5)4-19-8(22)9(12,13)10(14,15)11(16,17)18/h4H2,1-3H3,(H,19,22). The van der Waals surface area contributed by atoms with Crippen molar-refractivity contribution in [3.63, 3.8) is 0 Å². The van der Waals surface area contributed by atoms with Crippen molar-refractivity contribution >= 4 is 5.91 Å². The molecule has 0 aliphatic carbocycles. The van der Waals surface area contributed by atoms with Crippen molar-refractivity contribution in [1.29, 1.82) is 0 Å². The monoisotopic (exact) mass is 335 g/mol. The normalized spacial score (nSPS) is 13.4. The summed E-state index contributed by atoms with van der Waals surface area (Å²) in [5, 5.41) is 5.28. The first kappa shape index (κ1) is 18.2. The van der Waals surface area contributed by atoms with Crippen molar-refractivity contribution in [2.75, 3.05) is 0 Å². The molecular weight excluding hydrogens is 323 g/mol. The lowest BCUT2D eigenvalue weighted by Crippen LogP contribution is -2.59. The number of halogens is 7. The lowest BCUT2D eigenvalue weighted by atomic mass is 10.1. The van der Waals surface area contributed by atoms with Gasteiger partial charge in [0.1, 0.15) is 0 Å². The quantitative estimate of drug-likeness (QED) is 0.860. The van der Waals surface area contributed by atoms with E-state index in [2.05, 4.69) is 5.10 Å². The number of amides is 1. The molecule has 0 atom stereocenters. The maximum Gasteiger partial charge on any atom is 0.460 e. The van der Waals surface area contributed by atoms with E-state index >= 15 is 0 Å². The third kappa shape index (κ3) is 2.88. The molecule has 1 heterocycles. The molecular formula is C11H12F7N3O. The molecule has 126 valence electrons. The van der Waals surface area contributed by atoms with Gasteiger partial charge in [0.2, 0.25) is 0 Å². The van der Waals surface area contributed by atoms with Gasteiger partial charge >= 0.3 is 18.0 Å². The highest BCUT2D eigenvalue weighted by atomic mass is 19.4. The summed E-state index contributed by atoms with van der Waals surface area (Å²) in [6, 6.07) is 0. The fraction of sp³-hybridized carbons (Fsp3) is 0.636. The highest BCUT2D eigenvalue weighted by Gasteiger charge is 2.76. The van der Waals surface area contributed by atoms with E-state index in [1.807, 2.05) is 0 Å². The summed E-state index contributed by atoms with van der Waals surface area (Å²) in [6.45, 7) is 2.34. The van der Waals surface area contributed by atoms with Gasteiger partial charge in [-0.15, -0.1) is 0 Å². The zero-order valence-corrected chi connectivity index (χ0v) is 11.7. The molecule has 0 saturated heterocycles. The van der Waals surface area contributed by atoms with Crippen LogP contribution < -0.4 is 5.32 Å². The second-order valence-corrected chi connectivity index (χ2v) is 4.60. The maximum atomic E-state index is 13.1. The van der Waals surface area contributed by atoms with Crippen molar-refractivity contribution in [3.05, 3.63) is 17.0 Å². The highest BCUT2D eigenvalue weighted by molar-refractivity contribution is 5.84. The fourth-order valence-corrected chi connectivity index (χ4v) is 1.67. The molecule has 0 saturated carbocycles. The number of aryl methyl sites for hydroxylation is 2. The van der Waals surface area contributed by atoms with Crippen LogP contribution >= 0.6 is 0 Å². The predicted octanol–water partition coefficient (Wildman–Crippen LogP) is 2.49. The van der Waals surface area contributed by atoms with Crippen molar-refractivity contribution in [2.24, 2.45) is 7.05 Å². The Kier molecular flexibility index (Phi) is 4.50. The van der Waals surface area contributed by atoms with Crippen molar-refractivity contribution in [3.8, 4) is 0 Å². The minimum absolute atomic E-state index is 0.252. The van der Waals surface area contributed by atoms with Crippen LogP contribution in [0.2, 0.25) is 0 Å². The SMILES string of the molecule is Cc1nn(C)c(C)c1CNC(=O)C(F)(F)C(F)(F)C(F)(F)F. The van der Waals surface area contributed by atoms with E-state index in [1.165, 1.54) is 30.9 Å². The van der Waals surface area contributed by atoms with Crippen LogP contribution in [0, 0.1) is 13.8 Å². The van der Waals surface area contributed by atoms with E-state index in [0.717, 1.165) is 0 Å². The molecule has 1 N–H and O–H groups in total. The van der Waals surface area contributed by atoms with Gasteiger partial charge in [-0.3, -0.25) is 9.48 Å². The Morgan fingerprint density at radius 1 is 1.14 bits per heavy atom. The minimum Gasteiger partial charge on any atom is -0.346 e. The van der Waals surface area contributed by atoms with E-state index in [4.69, 9.17) is 0 Å². The van der Waals surface area contributed by atoms with Crippen molar-refractivity contribution in [2.45, 2.75) is 38.4 Å². The number of nitrogens with zero attached hydrogens (tertiary/aromatic N) is 2. The number of carbonyl (C=O) groups is 1. The summed E-state index contributed by atoms with van der Waals surface area (Å²) in [4.78, 5) is 11.1. The zero-order chi connectivity index (χ0) is 17.5. The van der Waals surface area contributed by atoms with Crippen molar-refractivity contribution < 1.29 is 35.5 Å². The van der Waals surface area contributed by atoms with Crippen LogP contribution in [0.3, 0.4) is 0 Å². The summed E-state index contributed by atoms with van der Waals surface area (Å²) >= 11 is 0. The molecule has 0 unspecified atom stereocenters. The summed E-state index contributed by atoms with van der Waals surface area (Å²) < 4.78 is 88.8. The molecule has 0 aliphatic heterocycles. The van der Waals surface area contributed by atoms with Crippen LogP contribution in [0.5, 0.6) is 0 Å². The molecule has 4 nitrogen and oxygen atoms in total. The van der Waals surface area contributed by atoms with Gasteiger partial charge in [-0.1, -0.05) is 0 Å². The third-order valence-electron chi connectivity index (χ3n) is 3.12. The fourth-order valence-electron chi connectivity index (χ4n) is 1.67. The van der Waals surface area contributed by atoms with Crippen LogP contribution in [-0.4, -0.2) is 33.7 Å². The number of alkyl halides is 7. The van der Waals surface area contributed by atoms with Gasteiger partial charge < -0.3 is 5.32 Å². The number of aromatic nitrogens is 2. The van der Waals surface area contributed by atoms with E-state index in [-0.39, 0.29) is 5.56 Å². The smallest absolute Gasteiger partial charge is 0.346 e. The zero-order valence-electron chi connectivity index (χ0n) is 11.7. The van der Waals surface area contributed by atoms with Gasteiger partial charge in [0.15, 0.2) is 0 Å². The number of rotatable bonds is 4. The molecule has 1 aromatic rings. The Bertz CT molecular complexity index is 577. The molecule has 0 aliphatic rings. The van der Waals surface area contributed by atoms with Crippen LogP contribution in [0.4, 0.5) is 30.7 Å². The Morgan fingerprint density at radius 2 is 1.64 bits per heavy atom. The van der Waals surface area contributed by atoms with E-state index in [0.29, 0.717) is 11.4 Å². The second-order valence-electron chi connectivity index (χ2n) is 4.60. The van der Waals surface area contributed by atoms with Gasteiger partial charge in [-0.2, -0.15) is 35.8 Å². The molecule has 1 aromatic heterocycles. The lowest BCUT2D eigenvalue weighted by molar-refractivity contribution is -0.344. The summed E-state index contributed by atoms with van der Waals surface area (Å²) in [5.74, 6) is -15.1. The van der Waals surface area contributed by atoms with Crippen LogP contribution in [0.15, 0.2) is 0 Å². The number of hydrogen-bond acceptors (Lipinski definition) is 2. The lowest BCUT2D eigenvalue weighted by Gasteiger charge is -2.27. The van der Waals surface area contributed by atoms with Gasteiger partial charge in [-0.05, 0) is 13.8 Å². The van der Waals surface area contributed by atoms with Crippen LogP contribution in [0.1, 0.15) is 17.0 Å². The van der Waals surface area contributed by atoms with Gasteiger partial charge in [0.05, 0.1) is 5.69 Å². The largest absolute Gasteiger partial charge is 0.460 e. The Labute approximate surface area is 120 Å². The molecule has 11 heteroatoms. The first-order chi connectivity index (χ1) is 9.73. The molecule has 0 spiro atoms. The molecule has 1 amide bonds. The van der Waals surface area contributed by atoms with Crippen molar-refractivity contribution in [1.82, 2.24) is 15.1 Å².